The monoisotopic (exact) mass is 600 g/mol. The molecule has 3 aromatic rings. The number of aliphatic carboxylic acids is 1. The van der Waals surface area contributed by atoms with Crippen molar-refractivity contribution in [1.82, 2.24) is 10.6 Å². The Kier molecular flexibility index (Phi) is 12.4. The predicted octanol–water partition coefficient (Wildman–Crippen LogP) is -2.87. The van der Waals surface area contributed by atoms with Crippen molar-refractivity contribution in [1.29, 1.82) is 0 Å². The molecule has 2 amide bonds. The zero-order valence-corrected chi connectivity index (χ0v) is 25.9. The third-order valence-corrected chi connectivity index (χ3v) is 7.03. The number of carbonyl (C=O) groups excluding carboxylic acids is 3. The molecule has 0 bridgehead atoms. The van der Waals surface area contributed by atoms with Crippen molar-refractivity contribution in [2.45, 2.75) is 56.2 Å². The average Bonchev–Trinajstić information content (AvgIpc) is 3.00. The van der Waals surface area contributed by atoms with Gasteiger partial charge in [0.2, 0.25) is 11.7 Å². The molecule has 3 aromatic carbocycles. The minimum absolute atomic E-state index is 0. The van der Waals surface area contributed by atoms with Gasteiger partial charge in [-0.1, -0.05) is 72.8 Å². The maximum Gasteiger partial charge on any atom is 1.00 e. The van der Waals surface area contributed by atoms with Crippen LogP contribution in [-0.4, -0.2) is 75.9 Å². The van der Waals surface area contributed by atoms with Crippen molar-refractivity contribution in [3.05, 3.63) is 96.1 Å². The number of hydrogen-bond donors (Lipinski definition) is 5. The summed E-state index contributed by atoms with van der Waals surface area (Å²) in [7, 11) is 0. The third kappa shape index (κ3) is 8.71. The van der Waals surface area contributed by atoms with E-state index in [0.29, 0.717) is 11.1 Å². The standard InChI is InChI=1S/C31H34N2O9.Na/c1-19(34)33-26-24(35)16-31(30(39)40,41-18-20-8-4-2-5-9-20)42-28(26)27(37)25(36)17-32-29(38)23-14-12-22(13-15-23)21-10-6-3-7-11-21;/h2-15,24-28,35-37H,16-18H2,1H3,(H,32,38)(H,33,34)(H,39,40);/q;+1/p-1/t24-,25+,26+,27+,28-,31+;/m0./s1. The smallest absolute Gasteiger partial charge is 0.544 e. The number of nitrogens with one attached hydrogen (secondary N) is 2. The number of hydrogen-bond acceptors (Lipinski definition) is 9. The van der Waals surface area contributed by atoms with Crippen LogP contribution in [0.5, 0.6) is 0 Å². The summed E-state index contributed by atoms with van der Waals surface area (Å²) >= 11 is 0. The van der Waals surface area contributed by atoms with Crippen molar-refractivity contribution in [2.24, 2.45) is 0 Å². The van der Waals surface area contributed by atoms with Crippen molar-refractivity contribution < 1.29 is 73.8 Å². The molecule has 0 spiro atoms. The molecule has 1 aliphatic heterocycles. The van der Waals surface area contributed by atoms with E-state index in [-0.39, 0.29) is 36.2 Å². The van der Waals surface area contributed by atoms with Gasteiger partial charge in [0.1, 0.15) is 18.2 Å². The number of ether oxygens (including phenoxy) is 2. The summed E-state index contributed by atoms with van der Waals surface area (Å²) in [5.41, 5.74) is 2.80. The molecule has 12 heteroatoms. The summed E-state index contributed by atoms with van der Waals surface area (Å²) in [6.07, 6.45) is -7.37. The second-order valence-electron chi connectivity index (χ2n) is 10.1. The first-order chi connectivity index (χ1) is 20.1. The summed E-state index contributed by atoms with van der Waals surface area (Å²) in [4.78, 5) is 36.8. The van der Waals surface area contributed by atoms with E-state index >= 15 is 0 Å². The number of carboxylic acid groups (broad SMARTS) is 1. The van der Waals surface area contributed by atoms with Crippen LogP contribution in [0, 0.1) is 0 Å². The van der Waals surface area contributed by atoms with E-state index in [4.69, 9.17) is 9.47 Å². The second-order valence-corrected chi connectivity index (χ2v) is 10.1. The Hall–Kier alpha value is -3.13. The van der Waals surface area contributed by atoms with E-state index in [1.54, 1.807) is 54.6 Å². The van der Waals surface area contributed by atoms with Crippen LogP contribution in [0.15, 0.2) is 84.9 Å². The largest absolute Gasteiger partial charge is 1.00 e. The predicted molar refractivity (Wildman–Crippen MR) is 148 cm³/mol. The zero-order valence-electron chi connectivity index (χ0n) is 23.9. The van der Waals surface area contributed by atoms with Crippen molar-refractivity contribution in [2.75, 3.05) is 6.54 Å². The van der Waals surface area contributed by atoms with Crippen LogP contribution in [0.4, 0.5) is 0 Å². The van der Waals surface area contributed by atoms with Crippen LogP contribution < -0.4 is 45.3 Å². The van der Waals surface area contributed by atoms with E-state index in [1.807, 2.05) is 30.3 Å². The molecule has 222 valence electrons. The quantitative estimate of drug-likeness (QED) is 0.145. The Balaban J connectivity index is 0.00000506. The molecule has 1 aliphatic rings. The molecule has 43 heavy (non-hydrogen) atoms. The number of carboxylic acids is 1. The van der Waals surface area contributed by atoms with Gasteiger partial charge in [-0.2, -0.15) is 0 Å². The molecule has 0 unspecified atom stereocenters. The van der Waals surface area contributed by atoms with E-state index < -0.39 is 67.0 Å². The number of amides is 2. The molecular weight excluding hydrogens is 567 g/mol. The van der Waals surface area contributed by atoms with Gasteiger partial charge < -0.3 is 45.3 Å². The molecule has 6 atom stereocenters. The number of aliphatic hydroxyl groups is 3. The molecule has 11 nitrogen and oxygen atoms in total. The Morgan fingerprint density at radius 1 is 0.977 bits per heavy atom. The Morgan fingerprint density at radius 2 is 1.56 bits per heavy atom. The summed E-state index contributed by atoms with van der Waals surface area (Å²) in [6.45, 7) is 0.492. The number of benzene rings is 3. The third-order valence-electron chi connectivity index (χ3n) is 7.03. The van der Waals surface area contributed by atoms with Gasteiger partial charge >= 0.3 is 29.6 Å². The van der Waals surface area contributed by atoms with Gasteiger partial charge in [-0.05, 0) is 28.8 Å². The van der Waals surface area contributed by atoms with Gasteiger partial charge in [0, 0.05) is 25.5 Å². The van der Waals surface area contributed by atoms with Gasteiger partial charge in [-0.25, -0.2) is 0 Å². The van der Waals surface area contributed by atoms with Crippen molar-refractivity contribution in [3.63, 3.8) is 0 Å². The van der Waals surface area contributed by atoms with Crippen LogP contribution in [0.25, 0.3) is 11.1 Å². The van der Waals surface area contributed by atoms with Crippen molar-refractivity contribution >= 4 is 17.8 Å². The fourth-order valence-corrected chi connectivity index (χ4v) is 4.80. The first-order valence-electron chi connectivity index (χ1n) is 13.4. The normalized spacial score (nSPS) is 22.8. The minimum Gasteiger partial charge on any atom is -0.544 e. The first-order valence-corrected chi connectivity index (χ1v) is 13.4. The Morgan fingerprint density at radius 3 is 2.14 bits per heavy atom. The van der Waals surface area contributed by atoms with Crippen LogP contribution in [0.2, 0.25) is 0 Å². The maximum absolute atomic E-state index is 12.7. The average molecular weight is 601 g/mol. The molecule has 5 N–H and O–H groups in total. The molecular formula is C31H33N2NaO9. The van der Waals surface area contributed by atoms with E-state index in [1.165, 1.54) is 6.92 Å². The van der Waals surface area contributed by atoms with Gasteiger partial charge in [-0.3, -0.25) is 9.59 Å². The van der Waals surface area contributed by atoms with Gasteiger partial charge in [0.25, 0.3) is 5.91 Å². The summed E-state index contributed by atoms with van der Waals surface area (Å²) in [6, 6.07) is 23.7. The second kappa shape index (κ2) is 15.6. The van der Waals surface area contributed by atoms with Gasteiger partial charge in [-0.15, -0.1) is 0 Å². The molecule has 0 aromatic heterocycles. The zero-order chi connectivity index (χ0) is 30.3. The number of rotatable bonds is 11. The minimum atomic E-state index is -2.50. The van der Waals surface area contributed by atoms with E-state index in [2.05, 4.69) is 10.6 Å². The fraction of sp³-hybridized carbons (Fsp3) is 0.323. The maximum atomic E-state index is 12.7. The molecule has 0 aliphatic carbocycles. The van der Waals surface area contributed by atoms with Crippen molar-refractivity contribution in [3.8, 4) is 11.1 Å². The molecule has 1 fully saturated rings. The first kappa shape index (κ1) is 34.4. The number of carbonyl (C=O) groups is 3. The molecule has 1 saturated heterocycles. The van der Waals surface area contributed by atoms with E-state index in [0.717, 1.165) is 11.1 Å². The SMILES string of the molecule is CC(=O)N[C@H]1[C@@H]([C@H](O)[C@H](O)CNC(=O)c2ccc(-c3ccccc3)cc2)O[C@@](OCc2ccccc2)(C(=O)[O-])C[C@@H]1O.[Na+]. The summed E-state index contributed by atoms with van der Waals surface area (Å²) < 4.78 is 11.3. The Bertz CT molecular complexity index is 1360. The molecule has 4 rings (SSSR count). The van der Waals surface area contributed by atoms with E-state index in [9.17, 15) is 34.8 Å². The van der Waals surface area contributed by atoms with Crippen LogP contribution in [-0.2, 0) is 25.7 Å². The fourth-order valence-electron chi connectivity index (χ4n) is 4.80. The molecule has 0 radical (unpaired) electrons. The van der Waals surface area contributed by atoms with Crippen LogP contribution in [0.1, 0.15) is 29.3 Å². The Labute approximate surface area is 271 Å². The summed E-state index contributed by atoms with van der Waals surface area (Å²) in [5.74, 6) is -5.43. The summed E-state index contributed by atoms with van der Waals surface area (Å²) in [5, 5.41) is 49.8. The van der Waals surface area contributed by atoms with Crippen LogP contribution >= 0.6 is 0 Å². The topological polar surface area (TPSA) is 177 Å². The van der Waals surface area contributed by atoms with Gasteiger partial charge in [0.15, 0.2) is 0 Å². The van der Waals surface area contributed by atoms with Crippen LogP contribution in [0.3, 0.4) is 0 Å². The molecule has 1 heterocycles. The molecule has 0 saturated carbocycles. The van der Waals surface area contributed by atoms with Gasteiger partial charge in [0.05, 0.1) is 24.9 Å². The number of aliphatic hydroxyl groups excluding tert-OH is 3.